The Bertz CT molecular complexity index is 1200. The summed E-state index contributed by atoms with van der Waals surface area (Å²) in [7, 11) is 3.23. The summed E-state index contributed by atoms with van der Waals surface area (Å²) >= 11 is 0. The van der Waals surface area contributed by atoms with Crippen LogP contribution in [0.2, 0.25) is 0 Å². The maximum atomic E-state index is 13.2. The van der Waals surface area contributed by atoms with Gasteiger partial charge in [0, 0.05) is 50.0 Å². The average Bonchev–Trinajstić information content (AvgIpc) is 2.83. The van der Waals surface area contributed by atoms with E-state index in [1.165, 1.54) is 12.1 Å². The molecule has 8 heteroatoms. The highest BCUT2D eigenvalue weighted by Gasteiger charge is 2.24. The first-order chi connectivity index (χ1) is 15.6. The van der Waals surface area contributed by atoms with Gasteiger partial charge < -0.3 is 19.3 Å². The predicted octanol–water partition coefficient (Wildman–Crippen LogP) is 2.95. The SMILES string of the molecule is COc1cc2c(cc1OC)-c1cc(N3CCN(c4ccc(F)cc4)CC3)nc(=O)n1CC2. The van der Waals surface area contributed by atoms with E-state index in [0.717, 1.165) is 55.1 Å². The van der Waals surface area contributed by atoms with Gasteiger partial charge in [-0.2, -0.15) is 4.98 Å². The zero-order chi connectivity index (χ0) is 22.2. The van der Waals surface area contributed by atoms with Crippen LogP contribution in [0.4, 0.5) is 15.9 Å². The molecular weight excluding hydrogens is 411 g/mol. The van der Waals surface area contributed by atoms with Gasteiger partial charge in [-0.1, -0.05) is 0 Å². The minimum Gasteiger partial charge on any atom is -0.493 e. The zero-order valence-electron chi connectivity index (χ0n) is 18.2. The number of hydrogen-bond donors (Lipinski definition) is 0. The number of rotatable bonds is 4. The van der Waals surface area contributed by atoms with Crippen molar-refractivity contribution >= 4 is 11.5 Å². The number of benzene rings is 2. The van der Waals surface area contributed by atoms with Crippen molar-refractivity contribution in [3.63, 3.8) is 0 Å². The molecule has 0 N–H and O–H groups in total. The van der Waals surface area contributed by atoms with E-state index >= 15 is 0 Å². The molecule has 1 fully saturated rings. The average molecular weight is 436 g/mol. The monoisotopic (exact) mass is 436 g/mol. The first-order valence-electron chi connectivity index (χ1n) is 10.7. The largest absolute Gasteiger partial charge is 0.493 e. The van der Waals surface area contributed by atoms with Crippen LogP contribution < -0.4 is 25.0 Å². The van der Waals surface area contributed by atoms with Crippen molar-refractivity contribution < 1.29 is 13.9 Å². The van der Waals surface area contributed by atoms with Gasteiger partial charge in [0.05, 0.1) is 19.9 Å². The van der Waals surface area contributed by atoms with E-state index in [9.17, 15) is 9.18 Å². The predicted molar refractivity (Wildman–Crippen MR) is 122 cm³/mol. The van der Waals surface area contributed by atoms with E-state index in [1.807, 2.05) is 18.2 Å². The van der Waals surface area contributed by atoms with E-state index in [0.29, 0.717) is 23.9 Å². The highest BCUT2D eigenvalue weighted by atomic mass is 19.1. The Labute approximate surface area is 185 Å². The van der Waals surface area contributed by atoms with Gasteiger partial charge in [0.25, 0.3) is 0 Å². The van der Waals surface area contributed by atoms with E-state index < -0.39 is 0 Å². The van der Waals surface area contributed by atoms with Crippen molar-refractivity contribution in [2.45, 2.75) is 13.0 Å². The van der Waals surface area contributed by atoms with Crippen LogP contribution in [0.3, 0.4) is 0 Å². The van der Waals surface area contributed by atoms with Gasteiger partial charge in [-0.15, -0.1) is 0 Å². The summed E-state index contributed by atoms with van der Waals surface area (Å²) in [5.41, 5.74) is 3.71. The molecule has 1 aromatic heterocycles. The molecule has 0 atom stereocenters. The molecule has 3 heterocycles. The summed E-state index contributed by atoms with van der Waals surface area (Å²) in [4.78, 5) is 21.6. The van der Waals surface area contributed by atoms with E-state index in [4.69, 9.17) is 9.47 Å². The molecule has 0 amide bonds. The fourth-order valence-corrected chi connectivity index (χ4v) is 4.54. The van der Waals surface area contributed by atoms with Crippen LogP contribution in [0.15, 0.2) is 47.3 Å². The molecule has 32 heavy (non-hydrogen) atoms. The maximum Gasteiger partial charge on any atom is 0.350 e. The minimum absolute atomic E-state index is 0.236. The molecular formula is C24H25FN4O3. The van der Waals surface area contributed by atoms with Gasteiger partial charge >= 0.3 is 5.69 Å². The normalized spacial score (nSPS) is 15.2. The highest BCUT2D eigenvalue weighted by Crippen LogP contribution is 2.38. The zero-order valence-corrected chi connectivity index (χ0v) is 18.2. The Morgan fingerprint density at radius 3 is 2.22 bits per heavy atom. The van der Waals surface area contributed by atoms with Crippen LogP contribution in [-0.4, -0.2) is 49.9 Å². The molecule has 0 unspecified atom stereocenters. The summed E-state index contributed by atoms with van der Waals surface area (Å²) in [5.74, 6) is 1.77. The number of anilines is 2. The topological polar surface area (TPSA) is 59.8 Å². The van der Waals surface area contributed by atoms with Crippen LogP contribution in [0.5, 0.6) is 11.5 Å². The van der Waals surface area contributed by atoms with Gasteiger partial charge in [0.15, 0.2) is 11.5 Å². The Kier molecular flexibility index (Phi) is 5.20. The van der Waals surface area contributed by atoms with Gasteiger partial charge in [0.1, 0.15) is 11.6 Å². The maximum absolute atomic E-state index is 13.2. The van der Waals surface area contributed by atoms with Crippen molar-refractivity contribution in [3.8, 4) is 22.8 Å². The Morgan fingerprint density at radius 2 is 1.53 bits per heavy atom. The third kappa shape index (κ3) is 3.55. The minimum atomic E-state index is -0.237. The smallest absolute Gasteiger partial charge is 0.350 e. The van der Waals surface area contributed by atoms with E-state index in [2.05, 4.69) is 14.8 Å². The van der Waals surface area contributed by atoms with Crippen LogP contribution in [0.25, 0.3) is 11.3 Å². The Balaban J connectivity index is 1.44. The van der Waals surface area contributed by atoms with Gasteiger partial charge in [-0.25, -0.2) is 9.18 Å². The van der Waals surface area contributed by atoms with Crippen molar-refractivity contribution in [1.82, 2.24) is 9.55 Å². The number of aromatic nitrogens is 2. The third-order valence-corrected chi connectivity index (χ3v) is 6.28. The van der Waals surface area contributed by atoms with Crippen molar-refractivity contribution in [3.05, 3.63) is 64.3 Å². The van der Waals surface area contributed by atoms with E-state index in [1.54, 1.807) is 30.9 Å². The molecule has 2 aromatic carbocycles. The number of methoxy groups -OCH3 is 2. The number of ether oxygens (including phenoxy) is 2. The highest BCUT2D eigenvalue weighted by molar-refractivity contribution is 5.72. The molecule has 0 aliphatic carbocycles. The second-order valence-electron chi connectivity index (χ2n) is 8.00. The summed E-state index contributed by atoms with van der Waals surface area (Å²) < 4.78 is 25.9. The second-order valence-corrected chi connectivity index (χ2v) is 8.00. The van der Waals surface area contributed by atoms with Gasteiger partial charge in [-0.05, 0) is 48.4 Å². The molecule has 0 saturated carbocycles. The number of halogens is 1. The molecule has 0 bridgehead atoms. The summed E-state index contributed by atoms with van der Waals surface area (Å²) in [6.45, 7) is 3.58. The molecule has 7 nitrogen and oxygen atoms in total. The molecule has 3 aromatic rings. The van der Waals surface area contributed by atoms with Gasteiger partial charge in [-0.3, -0.25) is 4.57 Å². The molecule has 0 radical (unpaired) electrons. The number of piperazine rings is 1. The lowest BCUT2D eigenvalue weighted by molar-refractivity contribution is 0.354. The van der Waals surface area contributed by atoms with Crippen molar-refractivity contribution in [2.75, 3.05) is 50.2 Å². The summed E-state index contributed by atoms with van der Waals surface area (Å²) in [5, 5.41) is 0. The van der Waals surface area contributed by atoms with Crippen LogP contribution >= 0.6 is 0 Å². The summed E-state index contributed by atoms with van der Waals surface area (Å²) in [6, 6.07) is 12.5. The lowest BCUT2D eigenvalue weighted by Crippen LogP contribution is -2.47. The molecule has 0 spiro atoms. The van der Waals surface area contributed by atoms with Crippen molar-refractivity contribution in [1.29, 1.82) is 0 Å². The first-order valence-corrected chi connectivity index (χ1v) is 10.7. The fourth-order valence-electron chi connectivity index (χ4n) is 4.54. The number of nitrogens with zero attached hydrogens (tertiary/aromatic N) is 4. The van der Waals surface area contributed by atoms with Crippen LogP contribution in [0, 0.1) is 5.82 Å². The molecule has 2 aliphatic rings. The molecule has 5 rings (SSSR count). The number of aryl methyl sites for hydroxylation is 1. The lowest BCUT2D eigenvalue weighted by atomic mass is 9.96. The Hall–Kier alpha value is -3.55. The standard InChI is InChI=1S/C24H25FN4O3/c1-31-21-13-16-7-8-29-20(19(16)14-22(21)32-2)15-23(26-24(29)30)28-11-9-27(10-12-28)18-5-3-17(25)4-6-18/h3-6,13-15H,7-12H2,1-2H3. The molecule has 166 valence electrons. The van der Waals surface area contributed by atoms with E-state index in [-0.39, 0.29) is 11.5 Å². The third-order valence-electron chi connectivity index (χ3n) is 6.28. The first kappa shape index (κ1) is 20.4. The van der Waals surface area contributed by atoms with Crippen molar-refractivity contribution in [2.24, 2.45) is 0 Å². The second kappa shape index (κ2) is 8.18. The van der Waals surface area contributed by atoms with Crippen LogP contribution in [0.1, 0.15) is 5.56 Å². The number of hydrogen-bond acceptors (Lipinski definition) is 6. The molecule has 2 aliphatic heterocycles. The summed E-state index contributed by atoms with van der Waals surface area (Å²) in [6.07, 6.45) is 0.736. The lowest BCUT2D eigenvalue weighted by Gasteiger charge is -2.37. The fraction of sp³-hybridized carbons (Fsp3) is 0.333. The molecule has 1 saturated heterocycles. The number of fused-ring (bicyclic) bond motifs is 3. The quantitative estimate of drug-likeness (QED) is 0.627. The van der Waals surface area contributed by atoms with Gasteiger partial charge in [0.2, 0.25) is 0 Å². The Morgan fingerprint density at radius 1 is 0.875 bits per heavy atom. The van der Waals surface area contributed by atoms with Crippen LogP contribution in [-0.2, 0) is 13.0 Å².